The number of halogens is 1. The second-order valence-corrected chi connectivity index (χ2v) is 9.56. The lowest BCUT2D eigenvalue weighted by Crippen LogP contribution is -2.35. The number of anilines is 1. The summed E-state index contributed by atoms with van der Waals surface area (Å²) < 4.78 is 62.0. The first-order valence-electron chi connectivity index (χ1n) is 7.32. The summed E-state index contributed by atoms with van der Waals surface area (Å²) >= 11 is 0. The van der Waals surface area contributed by atoms with E-state index in [1.165, 1.54) is 25.2 Å². The Bertz CT molecular complexity index is 1020. The summed E-state index contributed by atoms with van der Waals surface area (Å²) in [6.45, 7) is -0.544. The SMILES string of the molecule is CN(CC(=O)Nc1ccccc1S(C)(=O)=O)S(=O)(=O)c1ccc(F)cc1. The van der Waals surface area contributed by atoms with Crippen LogP contribution in [0.5, 0.6) is 0 Å². The van der Waals surface area contributed by atoms with Crippen molar-refractivity contribution in [1.29, 1.82) is 0 Å². The van der Waals surface area contributed by atoms with Gasteiger partial charge in [0.2, 0.25) is 15.9 Å². The fourth-order valence-electron chi connectivity index (χ4n) is 2.16. The summed E-state index contributed by atoms with van der Waals surface area (Å²) in [6, 6.07) is 10.00. The van der Waals surface area contributed by atoms with E-state index in [0.717, 1.165) is 34.8 Å². The molecule has 0 aliphatic heterocycles. The average Bonchev–Trinajstić information content (AvgIpc) is 2.54. The normalized spacial score (nSPS) is 12.2. The molecule has 0 saturated heterocycles. The third-order valence-electron chi connectivity index (χ3n) is 3.45. The van der Waals surface area contributed by atoms with Crippen LogP contribution < -0.4 is 5.32 Å². The molecule has 0 spiro atoms. The molecule has 0 saturated carbocycles. The molecule has 2 rings (SSSR count). The zero-order chi connectivity index (χ0) is 19.5. The van der Waals surface area contributed by atoms with Crippen molar-refractivity contribution in [2.24, 2.45) is 0 Å². The number of nitrogens with zero attached hydrogens (tertiary/aromatic N) is 1. The largest absolute Gasteiger partial charge is 0.324 e. The number of hydrogen-bond acceptors (Lipinski definition) is 5. The molecule has 10 heteroatoms. The zero-order valence-electron chi connectivity index (χ0n) is 14.0. The van der Waals surface area contributed by atoms with Crippen molar-refractivity contribution in [2.75, 3.05) is 25.2 Å². The van der Waals surface area contributed by atoms with Gasteiger partial charge in [0.25, 0.3) is 0 Å². The van der Waals surface area contributed by atoms with Crippen LogP contribution in [0.15, 0.2) is 58.3 Å². The van der Waals surface area contributed by atoms with Gasteiger partial charge >= 0.3 is 0 Å². The first kappa shape index (κ1) is 20.0. The molecule has 7 nitrogen and oxygen atoms in total. The fourth-order valence-corrected chi connectivity index (χ4v) is 4.13. The van der Waals surface area contributed by atoms with Crippen LogP contribution in [-0.4, -0.2) is 46.9 Å². The van der Waals surface area contributed by atoms with Crippen LogP contribution in [-0.2, 0) is 24.7 Å². The van der Waals surface area contributed by atoms with Gasteiger partial charge in [-0.25, -0.2) is 21.2 Å². The third kappa shape index (κ3) is 4.65. The van der Waals surface area contributed by atoms with Crippen molar-refractivity contribution < 1.29 is 26.0 Å². The first-order chi connectivity index (χ1) is 12.0. The van der Waals surface area contributed by atoms with Crippen LogP contribution in [0.1, 0.15) is 0 Å². The maximum absolute atomic E-state index is 12.9. The van der Waals surface area contributed by atoms with Crippen molar-refractivity contribution >= 4 is 31.5 Å². The summed E-state index contributed by atoms with van der Waals surface area (Å²) in [5.74, 6) is -1.30. The lowest BCUT2D eigenvalue weighted by Gasteiger charge is -2.17. The highest BCUT2D eigenvalue weighted by Crippen LogP contribution is 2.21. The minimum atomic E-state index is -3.99. The highest BCUT2D eigenvalue weighted by atomic mass is 32.2. The van der Waals surface area contributed by atoms with Gasteiger partial charge in [-0.15, -0.1) is 0 Å². The molecular weight excluding hydrogens is 383 g/mol. The van der Waals surface area contributed by atoms with Crippen LogP contribution in [0.3, 0.4) is 0 Å². The van der Waals surface area contributed by atoms with Crippen molar-refractivity contribution in [3.05, 3.63) is 54.3 Å². The fraction of sp³-hybridized carbons (Fsp3) is 0.188. The van der Waals surface area contributed by atoms with E-state index in [9.17, 15) is 26.0 Å². The molecular formula is C16H17FN2O5S2. The number of sulfonamides is 1. The quantitative estimate of drug-likeness (QED) is 0.792. The molecule has 26 heavy (non-hydrogen) atoms. The Morgan fingerprint density at radius 3 is 2.19 bits per heavy atom. The maximum atomic E-state index is 12.9. The molecule has 1 N–H and O–H groups in total. The number of para-hydroxylation sites is 1. The number of hydrogen-bond donors (Lipinski definition) is 1. The van der Waals surface area contributed by atoms with E-state index in [-0.39, 0.29) is 15.5 Å². The number of amides is 1. The second-order valence-electron chi connectivity index (χ2n) is 5.53. The van der Waals surface area contributed by atoms with Gasteiger partial charge in [-0.1, -0.05) is 12.1 Å². The molecule has 2 aromatic rings. The summed E-state index contributed by atoms with van der Waals surface area (Å²) in [6.07, 6.45) is 1.00. The Morgan fingerprint density at radius 2 is 1.62 bits per heavy atom. The minimum absolute atomic E-state index is 0.0626. The van der Waals surface area contributed by atoms with Crippen LogP contribution in [0, 0.1) is 5.82 Å². The highest BCUT2D eigenvalue weighted by Gasteiger charge is 2.23. The lowest BCUT2D eigenvalue weighted by molar-refractivity contribution is -0.116. The Balaban J connectivity index is 2.17. The smallest absolute Gasteiger partial charge is 0.243 e. The van der Waals surface area contributed by atoms with Crippen LogP contribution in [0.2, 0.25) is 0 Å². The molecule has 2 aromatic carbocycles. The summed E-state index contributed by atoms with van der Waals surface area (Å²) in [7, 11) is -6.36. The third-order valence-corrected chi connectivity index (χ3v) is 6.42. The van der Waals surface area contributed by atoms with Crippen LogP contribution in [0.25, 0.3) is 0 Å². The number of carbonyl (C=O) groups is 1. The Kier molecular flexibility index (Phi) is 5.79. The molecule has 0 atom stereocenters. The highest BCUT2D eigenvalue weighted by molar-refractivity contribution is 7.91. The first-order valence-corrected chi connectivity index (χ1v) is 10.7. The molecule has 140 valence electrons. The van der Waals surface area contributed by atoms with E-state index in [1.807, 2.05) is 0 Å². The molecule has 0 aromatic heterocycles. The molecule has 0 aliphatic rings. The zero-order valence-corrected chi connectivity index (χ0v) is 15.6. The van der Waals surface area contributed by atoms with Crippen LogP contribution in [0.4, 0.5) is 10.1 Å². The van der Waals surface area contributed by atoms with Gasteiger partial charge in [-0.05, 0) is 36.4 Å². The van der Waals surface area contributed by atoms with Gasteiger partial charge in [-0.2, -0.15) is 4.31 Å². The molecule has 1 amide bonds. The van der Waals surface area contributed by atoms with Crippen molar-refractivity contribution in [3.8, 4) is 0 Å². The molecule has 0 heterocycles. The van der Waals surface area contributed by atoms with Gasteiger partial charge < -0.3 is 5.32 Å². The predicted molar refractivity (Wildman–Crippen MR) is 94.4 cm³/mol. The summed E-state index contributed by atoms with van der Waals surface area (Å²) in [4.78, 5) is 11.9. The average molecular weight is 400 g/mol. The molecule has 0 radical (unpaired) electrons. The van der Waals surface area contributed by atoms with Crippen molar-refractivity contribution in [1.82, 2.24) is 4.31 Å². The Labute approximate surface area is 151 Å². The van der Waals surface area contributed by atoms with E-state index in [0.29, 0.717) is 0 Å². The van der Waals surface area contributed by atoms with E-state index in [2.05, 4.69) is 5.32 Å². The second kappa shape index (κ2) is 7.52. The Hall–Kier alpha value is -2.30. The number of likely N-dealkylation sites (N-methyl/N-ethyl adjacent to an activating group) is 1. The van der Waals surface area contributed by atoms with E-state index in [4.69, 9.17) is 0 Å². The topological polar surface area (TPSA) is 101 Å². The summed E-state index contributed by atoms with van der Waals surface area (Å²) in [5, 5.41) is 2.40. The van der Waals surface area contributed by atoms with Crippen LogP contribution >= 0.6 is 0 Å². The van der Waals surface area contributed by atoms with Gasteiger partial charge in [0.1, 0.15) is 5.82 Å². The van der Waals surface area contributed by atoms with E-state index in [1.54, 1.807) is 6.07 Å². The minimum Gasteiger partial charge on any atom is -0.324 e. The number of sulfone groups is 1. The standard InChI is InChI=1S/C16H17FN2O5S2/c1-19(26(23,24)13-9-7-12(17)8-10-13)11-16(20)18-14-5-3-4-6-15(14)25(2,21)22/h3-10H,11H2,1-2H3,(H,18,20). The van der Waals surface area contributed by atoms with Crippen molar-refractivity contribution in [3.63, 3.8) is 0 Å². The Morgan fingerprint density at radius 1 is 1.04 bits per heavy atom. The van der Waals surface area contributed by atoms with E-state index >= 15 is 0 Å². The molecule has 0 unspecified atom stereocenters. The monoisotopic (exact) mass is 400 g/mol. The summed E-state index contributed by atoms with van der Waals surface area (Å²) in [5.41, 5.74) is 0.0626. The lowest BCUT2D eigenvalue weighted by atomic mass is 10.3. The van der Waals surface area contributed by atoms with Gasteiger partial charge in [0.15, 0.2) is 9.84 Å². The van der Waals surface area contributed by atoms with Gasteiger partial charge in [-0.3, -0.25) is 4.79 Å². The molecule has 0 fully saturated rings. The van der Waals surface area contributed by atoms with Gasteiger partial charge in [0.05, 0.1) is 22.0 Å². The number of nitrogens with one attached hydrogen (secondary N) is 1. The number of benzene rings is 2. The molecule has 0 aliphatic carbocycles. The van der Waals surface area contributed by atoms with E-state index < -0.39 is 38.1 Å². The van der Waals surface area contributed by atoms with Gasteiger partial charge in [0, 0.05) is 13.3 Å². The maximum Gasteiger partial charge on any atom is 0.243 e. The van der Waals surface area contributed by atoms with Crippen molar-refractivity contribution in [2.45, 2.75) is 9.79 Å². The molecule has 0 bridgehead atoms. The number of rotatable bonds is 6. The number of carbonyl (C=O) groups excluding carboxylic acids is 1. The predicted octanol–water partition coefficient (Wildman–Crippen LogP) is 1.49.